The Kier molecular flexibility index (Phi) is 4.42. The maximum Gasteiger partial charge on any atom is 0.359 e. The van der Waals surface area contributed by atoms with Gasteiger partial charge in [0.2, 0.25) is 0 Å². The fraction of sp³-hybridized carbons (Fsp3) is 0.526. The van der Waals surface area contributed by atoms with Gasteiger partial charge in [-0.15, -0.1) is 0 Å². The van der Waals surface area contributed by atoms with Gasteiger partial charge in [0, 0.05) is 18.5 Å². The van der Waals surface area contributed by atoms with Gasteiger partial charge >= 0.3 is 5.97 Å². The second-order valence-corrected chi connectivity index (χ2v) is 7.13. The number of benzene rings is 1. The number of nitrogens with zero attached hydrogens (tertiary/aromatic N) is 2. The van der Waals surface area contributed by atoms with E-state index in [1.807, 2.05) is 29.2 Å². The Morgan fingerprint density at radius 2 is 1.96 bits per heavy atom. The number of nitrogens with one attached hydrogen (secondary N) is 1. The average Bonchev–Trinajstić information content (AvgIpc) is 3.09. The van der Waals surface area contributed by atoms with Gasteiger partial charge in [-0.05, 0) is 30.7 Å². The molecule has 1 aliphatic heterocycles. The minimum atomic E-state index is -0.557. The fourth-order valence-corrected chi connectivity index (χ4v) is 4.23. The minimum absolute atomic E-state index is 0.0998. The molecular weight excluding hydrogens is 318 g/mol. The molecule has 0 bridgehead atoms. The first kappa shape index (κ1) is 16.1. The molecule has 6 nitrogen and oxygen atoms in total. The van der Waals surface area contributed by atoms with E-state index in [0.717, 1.165) is 30.9 Å². The molecule has 1 amide bonds. The van der Waals surface area contributed by atoms with E-state index in [1.54, 1.807) is 0 Å². The van der Waals surface area contributed by atoms with E-state index in [4.69, 9.17) is 4.74 Å². The topological polar surface area (TPSA) is 75.3 Å². The highest BCUT2D eigenvalue weighted by Gasteiger charge is 2.33. The number of para-hydroxylation sites is 1. The second kappa shape index (κ2) is 6.86. The van der Waals surface area contributed by atoms with Crippen LogP contribution in [0.3, 0.4) is 0 Å². The Morgan fingerprint density at radius 1 is 1.16 bits per heavy atom. The molecule has 2 heterocycles. The van der Waals surface area contributed by atoms with Crippen LogP contribution in [0.2, 0.25) is 0 Å². The van der Waals surface area contributed by atoms with E-state index in [2.05, 4.69) is 10.2 Å². The van der Waals surface area contributed by atoms with Crippen molar-refractivity contribution < 1.29 is 14.3 Å². The Bertz CT molecular complexity index is 785. The van der Waals surface area contributed by atoms with Crippen LogP contribution in [0, 0.1) is 11.8 Å². The second-order valence-electron chi connectivity index (χ2n) is 7.13. The summed E-state index contributed by atoms with van der Waals surface area (Å²) in [6.45, 7) is 1.38. The maximum absolute atomic E-state index is 12.4. The molecule has 2 atom stereocenters. The standard InChI is InChI=1S/C19H23N3O3/c23-17(22-10-9-13-5-1-2-6-14(13)11-22)12-25-19(24)18-15-7-3-4-8-16(15)20-21-18/h3-4,7-8,13-14H,1-2,5-6,9-12H2,(H,20,21)/t13-,14-/m1/s1. The number of rotatable bonds is 3. The lowest BCUT2D eigenvalue weighted by atomic mass is 9.75. The third-order valence-electron chi connectivity index (χ3n) is 5.63. The third-order valence-corrected chi connectivity index (χ3v) is 5.63. The van der Waals surface area contributed by atoms with Gasteiger partial charge in [-0.2, -0.15) is 5.10 Å². The van der Waals surface area contributed by atoms with Crippen molar-refractivity contribution in [3.8, 4) is 0 Å². The molecule has 2 fully saturated rings. The van der Waals surface area contributed by atoms with Gasteiger partial charge in [0.25, 0.3) is 5.91 Å². The summed E-state index contributed by atoms with van der Waals surface area (Å²) >= 11 is 0. The van der Waals surface area contributed by atoms with Crippen LogP contribution in [0.15, 0.2) is 24.3 Å². The number of likely N-dealkylation sites (tertiary alicyclic amines) is 1. The molecule has 4 rings (SSSR count). The molecule has 1 aromatic carbocycles. The summed E-state index contributed by atoms with van der Waals surface area (Å²) in [5, 5.41) is 7.53. The fourth-order valence-electron chi connectivity index (χ4n) is 4.23. The Labute approximate surface area is 146 Å². The van der Waals surface area contributed by atoms with Crippen molar-refractivity contribution >= 4 is 22.8 Å². The number of piperidine rings is 1. The van der Waals surface area contributed by atoms with E-state index in [-0.39, 0.29) is 18.2 Å². The van der Waals surface area contributed by atoms with E-state index in [1.165, 1.54) is 25.7 Å². The summed E-state index contributed by atoms with van der Waals surface area (Å²) in [5.41, 5.74) is 1.01. The minimum Gasteiger partial charge on any atom is -0.451 e. The first-order valence-corrected chi connectivity index (χ1v) is 9.10. The Balaban J connectivity index is 1.34. The predicted molar refractivity (Wildman–Crippen MR) is 93.0 cm³/mol. The lowest BCUT2D eigenvalue weighted by Crippen LogP contribution is -2.46. The zero-order valence-electron chi connectivity index (χ0n) is 14.2. The Hall–Kier alpha value is -2.37. The maximum atomic E-state index is 12.4. The lowest BCUT2D eigenvalue weighted by molar-refractivity contribution is -0.137. The zero-order valence-corrected chi connectivity index (χ0v) is 14.2. The summed E-state index contributed by atoms with van der Waals surface area (Å²) in [6.07, 6.45) is 6.19. The van der Waals surface area contributed by atoms with Crippen molar-refractivity contribution in [3.63, 3.8) is 0 Å². The first-order chi connectivity index (χ1) is 12.2. The van der Waals surface area contributed by atoms with Crippen molar-refractivity contribution in [2.45, 2.75) is 32.1 Å². The van der Waals surface area contributed by atoms with Gasteiger partial charge < -0.3 is 9.64 Å². The molecule has 0 spiro atoms. The molecule has 25 heavy (non-hydrogen) atoms. The molecule has 0 unspecified atom stereocenters. The average molecular weight is 341 g/mol. The summed E-state index contributed by atoms with van der Waals surface area (Å²) in [5.74, 6) is 0.740. The summed E-state index contributed by atoms with van der Waals surface area (Å²) in [6, 6.07) is 7.37. The van der Waals surface area contributed by atoms with Crippen molar-refractivity contribution in [1.29, 1.82) is 0 Å². The quantitative estimate of drug-likeness (QED) is 0.871. The lowest BCUT2D eigenvalue weighted by Gasteiger charge is -2.41. The number of ether oxygens (including phenoxy) is 1. The monoisotopic (exact) mass is 341 g/mol. The van der Waals surface area contributed by atoms with Gasteiger partial charge in [0.1, 0.15) is 0 Å². The SMILES string of the molecule is O=C(OCC(=O)N1CC[C@H]2CCCC[C@@H]2C1)c1n[nH]c2ccccc12. The molecular formula is C19H23N3O3. The van der Waals surface area contributed by atoms with Gasteiger partial charge in [0.15, 0.2) is 12.3 Å². The summed E-state index contributed by atoms with van der Waals surface area (Å²) < 4.78 is 5.23. The number of aromatic nitrogens is 2. The molecule has 1 N–H and O–H groups in total. The van der Waals surface area contributed by atoms with Crippen molar-refractivity contribution in [3.05, 3.63) is 30.0 Å². The highest BCUT2D eigenvalue weighted by molar-refractivity contribution is 6.02. The number of amides is 1. The van der Waals surface area contributed by atoms with Gasteiger partial charge in [-0.3, -0.25) is 9.89 Å². The van der Waals surface area contributed by atoms with Crippen LogP contribution in [-0.4, -0.2) is 46.7 Å². The molecule has 6 heteroatoms. The molecule has 0 radical (unpaired) electrons. The highest BCUT2D eigenvalue weighted by Crippen LogP contribution is 2.36. The zero-order chi connectivity index (χ0) is 17.2. The molecule has 2 aromatic rings. The van der Waals surface area contributed by atoms with E-state index < -0.39 is 5.97 Å². The number of carbonyl (C=O) groups excluding carboxylic acids is 2. The van der Waals surface area contributed by atoms with Crippen molar-refractivity contribution in [2.75, 3.05) is 19.7 Å². The smallest absolute Gasteiger partial charge is 0.359 e. The number of hydrogen-bond donors (Lipinski definition) is 1. The largest absolute Gasteiger partial charge is 0.451 e. The molecule has 1 aliphatic carbocycles. The molecule has 2 aliphatic rings. The van der Waals surface area contributed by atoms with Gasteiger partial charge in [-0.25, -0.2) is 4.79 Å². The first-order valence-electron chi connectivity index (χ1n) is 9.10. The molecule has 1 saturated heterocycles. The number of fused-ring (bicyclic) bond motifs is 2. The van der Waals surface area contributed by atoms with Crippen LogP contribution in [0.1, 0.15) is 42.6 Å². The molecule has 1 aromatic heterocycles. The predicted octanol–water partition coefficient (Wildman–Crippen LogP) is 2.76. The number of hydrogen-bond acceptors (Lipinski definition) is 4. The normalized spacial score (nSPS) is 23.3. The number of carbonyl (C=O) groups is 2. The van der Waals surface area contributed by atoms with Crippen LogP contribution in [0.25, 0.3) is 10.9 Å². The highest BCUT2D eigenvalue weighted by atomic mass is 16.5. The number of aromatic amines is 1. The summed E-state index contributed by atoms with van der Waals surface area (Å²) in [4.78, 5) is 26.6. The van der Waals surface area contributed by atoms with E-state index >= 15 is 0 Å². The van der Waals surface area contributed by atoms with Crippen LogP contribution >= 0.6 is 0 Å². The number of H-pyrrole nitrogens is 1. The van der Waals surface area contributed by atoms with Crippen LogP contribution in [0.4, 0.5) is 0 Å². The number of esters is 1. The van der Waals surface area contributed by atoms with Crippen LogP contribution in [-0.2, 0) is 9.53 Å². The van der Waals surface area contributed by atoms with E-state index in [0.29, 0.717) is 11.3 Å². The third kappa shape index (κ3) is 3.25. The van der Waals surface area contributed by atoms with Crippen LogP contribution in [0.5, 0.6) is 0 Å². The molecule has 132 valence electrons. The van der Waals surface area contributed by atoms with Crippen molar-refractivity contribution in [2.24, 2.45) is 11.8 Å². The van der Waals surface area contributed by atoms with Crippen LogP contribution < -0.4 is 0 Å². The van der Waals surface area contributed by atoms with Gasteiger partial charge in [0.05, 0.1) is 5.52 Å². The molecule has 1 saturated carbocycles. The van der Waals surface area contributed by atoms with E-state index in [9.17, 15) is 9.59 Å². The van der Waals surface area contributed by atoms with Crippen molar-refractivity contribution in [1.82, 2.24) is 15.1 Å². The van der Waals surface area contributed by atoms with Gasteiger partial charge in [-0.1, -0.05) is 37.5 Å². The summed E-state index contributed by atoms with van der Waals surface area (Å²) in [7, 11) is 0. The Morgan fingerprint density at radius 3 is 2.84 bits per heavy atom.